The second-order valence-corrected chi connectivity index (χ2v) is 10.1. The maximum atomic E-state index is 12.9. The molecule has 0 unspecified atom stereocenters. The van der Waals surface area contributed by atoms with Gasteiger partial charge in [0.2, 0.25) is 5.91 Å². The van der Waals surface area contributed by atoms with Crippen LogP contribution in [0.2, 0.25) is 5.02 Å². The van der Waals surface area contributed by atoms with Crippen molar-refractivity contribution in [3.8, 4) is 0 Å². The lowest BCUT2D eigenvalue weighted by Crippen LogP contribution is -2.59. The van der Waals surface area contributed by atoms with Crippen LogP contribution in [0.1, 0.15) is 37.7 Å². The number of benzene rings is 1. The zero-order valence-electron chi connectivity index (χ0n) is 14.5. The first-order valence-corrected chi connectivity index (χ1v) is 11.0. The van der Waals surface area contributed by atoms with Crippen LogP contribution in [-0.4, -0.2) is 45.0 Å². The molecule has 1 saturated heterocycles. The molecule has 138 valence electrons. The third-order valence-corrected chi connectivity index (χ3v) is 8.15. The van der Waals surface area contributed by atoms with Crippen molar-refractivity contribution in [1.82, 2.24) is 10.6 Å². The molecule has 2 N–H and O–H groups in total. The summed E-state index contributed by atoms with van der Waals surface area (Å²) >= 11 is 5.98. The summed E-state index contributed by atoms with van der Waals surface area (Å²) in [4.78, 5) is 12.9. The van der Waals surface area contributed by atoms with Crippen LogP contribution in [0, 0.1) is 0 Å². The molecule has 1 heterocycles. The number of sulfone groups is 1. The fourth-order valence-corrected chi connectivity index (χ4v) is 5.46. The topological polar surface area (TPSA) is 75.3 Å². The number of rotatable bonds is 5. The van der Waals surface area contributed by atoms with Gasteiger partial charge in [-0.15, -0.1) is 0 Å². The van der Waals surface area contributed by atoms with E-state index in [1.165, 1.54) is 6.26 Å². The fourth-order valence-electron chi connectivity index (χ4n) is 3.98. The molecular formula is C18H25ClN2O3S. The maximum absolute atomic E-state index is 12.9. The first-order valence-electron chi connectivity index (χ1n) is 8.74. The van der Waals surface area contributed by atoms with Crippen LogP contribution < -0.4 is 10.6 Å². The number of piperidine rings is 1. The molecule has 0 spiro atoms. The van der Waals surface area contributed by atoms with Gasteiger partial charge in [-0.3, -0.25) is 4.79 Å². The Morgan fingerprint density at radius 1 is 1.16 bits per heavy atom. The minimum absolute atomic E-state index is 0.105. The van der Waals surface area contributed by atoms with Crippen molar-refractivity contribution in [2.45, 2.75) is 42.3 Å². The summed E-state index contributed by atoms with van der Waals surface area (Å²) in [5.74, 6) is -0.350. The van der Waals surface area contributed by atoms with Crippen LogP contribution in [-0.2, 0) is 20.0 Å². The Balaban J connectivity index is 1.77. The molecule has 0 aromatic heterocycles. The van der Waals surface area contributed by atoms with Gasteiger partial charge < -0.3 is 10.6 Å². The molecule has 3 rings (SSSR count). The second-order valence-electron chi connectivity index (χ2n) is 7.34. The summed E-state index contributed by atoms with van der Waals surface area (Å²) in [6.45, 7) is 1.56. The molecule has 2 aliphatic rings. The predicted octanol–water partition coefficient (Wildman–Crippen LogP) is 2.04. The molecule has 0 atom stereocenters. The van der Waals surface area contributed by atoms with Crippen LogP contribution in [0.15, 0.2) is 24.3 Å². The quantitative estimate of drug-likeness (QED) is 0.814. The number of hydrogen-bond donors (Lipinski definition) is 2. The number of nitrogens with one attached hydrogen (secondary N) is 2. The van der Waals surface area contributed by atoms with Crippen LogP contribution >= 0.6 is 11.6 Å². The molecule has 7 heteroatoms. The van der Waals surface area contributed by atoms with Gasteiger partial charge >= 0.3 is 0 Å². The Kier molecular flexibility index (Phi) is 5.15. The summed E-state index contributed by atoms with van der Waals surface area (Å²) in [7, 11) is -3.48. The predicted molar refractivity (Wildman–Crippen MR) is 99.7 cm³/mol. The van der Waals surface area contributed by atoms with E-state index in [4.69, 9.17) is 11.6 Å². The van der Waals surface area contributed by atoms with Crippen LogP contribution in [0.4, 0.5) is 0 Å². The van der Waals surface area contributed by atoms with Crippen molar-refractivity contribution in [1.29, 1.82) is 0 Å². The van der Waals surface area contributed by atoms with Crippen molar-refractivity contribution in [3.05, 3.63) is 34.9 Å². The highest BCUT2D eigenvalue weighted by atomic mass is 35.5. The number of halogens is 1. The van der Waals surface area contributed by atoms with Gasteiger partial charge in [0.1, 0.15) is 0 Å². The summed E-state index contributed by atoms with van der Waals surface area (Å²) in [6.07, 6.45) is 4.91. The Labute approximate surface area is 154 Å². The molecule has 0 bridgehead atoms. The average Bonchev–Trinajstić information content (AvgIpc) is 2.54. The lowest BCUT2D eigenvalue weighted by Gasteiger charge is -2.44. The van der Waals surface area contributed by atoms with Gasteiger partial charge in [0.05, 0.1) is 0 Å². The Bertz CT molecular complexity index is 736. The van der Waals surface area contributed by atoms with E-state index in [0.29, 0.717) is 37.5 Å². The molecule has 1 aliphatic heterocycles. The SMILES string of the molecule is CS(=O)(=O)C1(C(=O)NCC2(c3ccc(Cl)cc3)CCC2)CCNCC1. The van der Waals surface area contributed by atoms with E-state index in [0.717, 1.165) is 24.8 Å². The number of hydrogen-bond acceptors (Lipinski definition) is 4. The standard InChI is InChI=1S/C18H25ClN2O3S/c1-25(23,24)18(9-11-20-12-10-18)16(22)21-13-17(7-2-8-17)14-3-5-15(19)6-4-14/h3-6,20H,2,7-13H2,1H3,(H,21,22). The Hall–Kier alpha value is -1.11. The van der Waals surface area contributed by atoms with Crippen molar-refractivity contribution in [2.24, 2.45) is 0 Å². The summed E-state index contributed by atoms with van der Waals surface area (Å²) in [5, 5.41) is 6.80. The zero-order valence-corrected chi connectivity index (χ0v) is 16.0. The summed E-state index contributed by atoms with van der Waals surface area (Å²) < 4.78 is 23.4. The molecule has 0 radical (unpaired) electrons. The van der Waals surface area contributed by atoms with E-state index < -0.39 is 14.6 Å². The highest BCUT2D eigenvalue weighted by Crippen LogP contribution is 2.43. The van der Waals surface area contributed by atoms with E-state index in [1.54, 1.807) is 0 Å². The van der Waals surface area contributed by atoms with Crippen LogP contribution in [0.25, 0.3) is 0 Å². The van der Waals surface area contributed by atoms with Crippen LogP contribution in [0.5, 0.6) is 0 Å². The van der Waals surface area contributed by atoms with E-state index >= 15 is 0 Å². The lowest BCUT2D eigenvalue weighted by molar-refractivity contribution is -0.124. The van der Waals surface area contributed by atoms with Crippen molar-refractivity contribution in [3.63, 3.8) is 0 Å². The van der Waals surface area contributed by atoms with Gasteiger partial charge in [0.15, 0.2) is 14.6 Å². The molecule has 5 nitrogen and oxygen atoms in total. The van der Waals surface area contributed by atoms with Gasteiger partial charge in [-0.1, -0.05) is 30.2 Å². The Morgan fingerprint density at radius 3 is 2.24 bits per heavy atom. The minimum Gasteiger partial charge on any atom is -0.354 e. The number of amides is 1. The van der Waals surface area contributed by atoms with E-state index in [9.17, 15) is 13.2 Å². The van der Waals surface area contributed by atoms with Crippen molar-refractivity contribution < 1.29 is 13.2 Å². The largest absolute Gasteiger partial charge is 0.354 e. The van der Waals surface area contributed by atoms with Crippen molar-refractivity contribution in [2.75, 3.05) is 25.9 Å². The van der Waals surface area contributed by atoms with E-state index in [2.05, 4.69) is 10.6 Å². The highest BCUT2D eigenvalue weighted by molar-refractivity contribution is 7.92. The van der Waals surface area contributed by atoms with Crippen LogP contribution in [0.3, 0.4) is 0 Å². The average molecular weight is 385 g/mol. The smallest absolute Gasteiger partial charge is 0.241 e. The Morgan fingerprint density at radius 2 is 1.76 bits per heavy atom. The molecule has 1 amide bonds. The van der Waals surface area contributed by atoms with Gasteiger partial charge in [0.25, 0.3) is 0 Å². The van der Waals surface area contributed by atoms with Gasteiger partial charge in [-0.05, 0) is 56.5 Å². The third-order valence-electron chi connectivity index (χ3n) is 5.89. The number of carbonyl (C=O) groups excluding carboxylic acids is 1. The zero-order chi connectivity index (χ0) is 18.1. The minimum atomic E-state index is -3.48. The maximum Gasteiger partial charge on any atom is 0.241 e. The monoisotopic (exact) mass is 384 g/mol. The third kappa shape index (κ3) is 3.44. The molecule has 2 fully saturated rings. The summed E-state index contributed by atoms with van der Waals surface area (Å²) in [6, 6.07) is 7.74. The first kappa shape index (κ1) is 18.7. The molecule has 1 aromatic rings. The molecule has 1 aromatic carbocycles. The molecule has 1 aliphatic carbocycles. The van der Waals surface area contributed by atoms with Gasteiger partial charge in [-0.2, -0.15) is 0 Å². The molecule has 25 heavy (non-hydrogen) atoms. The normalized spacial score (nSPS) is 22.0. The summed E-state index contributed by atoms with van der Waals surface area (Å²) in [5.41, 5.74) is 1.05. The fraction of sp³-hybridized carbons (Fsp3) is 0.611. The van der Waals surface area contributed by atoms with E-state index in [-0.39, 0.29) is 11.3 Å². The number of carbonyl (C=O) groups is 1. The lowest BCUT2D eigenvalue weighted by atomic mass is 9.64. The highest BCUT2D eigenvalue weighted by Gasteiger charge is 2.49. The van der Waals surface area contributed by atoms with Crippen molar-refractivity contribution >= 4 is 27.3 Å². The van der Waals surface area contributed by atoms with Gasteiger partial charge in [-0.25, -0.2) is 8.42 Å². The first-order chi connectivity index (χ1) is 11.8. The van der Waals surface area contributed by atoms with E-state index in [1.807, 2.05) is 24.3 Å². The second kappa shape index (κ2) is 6.89. The van der Waals surface area contributed by atoms with Gasteiger partial charge in [0, 0.05) is 23.2 Å². The molecule has 1 saturated carbocycles. The molecular weight excluding hydrogens is 360 g/mol.